The van der Waals surface area contributed by atoms with Gasteiger partial charge in [0.2, 0.25) is 5.88 Å². The Morgan fingerprint density at radius 3 is 2.83 bits per heavy atom. The van der Waals surface area contributed by atoms with Crippen LogP contribution < -0.4 is 20.3 Å². The molecule has 0 aliphatic heterocycles. The Bertz CT molecular complexity index is 676. The second-order valence-electron chi connectivity index (χ2n) is 5.36. The van der Waals surface area contributed by atoms with Gasteiger partial charge < -0.3 is 20.3 Å². The molecule has 0 unspecified atom stereocenters. The van der Waals surface area contributed by atoms with Crippen molar-refractivity contribution in [3.05, 3.63) is 48.2 Å². The molecule has 0 aliphatic carbocycles. The number of carbonyl (C=O) groups excluding carboxylic acids is 1. The van der Waals surface area contributed by atoms with Gasteiger partial charge in [-0.25, -0.2) is 9.78 Å². The van der Waals surface area contributed by atoms with Crippen molar-refractivity contribution in [2.24, 2.45) is 0 Å². The molecule has 0 atom stereocenters. The number of ether oxygens (including phenoxy) is 1. The van der Waals surface area contributed by atoms with Crippen molar-refractivity contribution < 1.29 is 9.53 Å². The third kappa shape index (κ3) is 4.87. The molecule has 0 saturated heterocycles. The van der Waals surface area contributed by atoms with E-state index in [9.17, 15) is 4.79 Å². The highest BCUT2D eigenvalue weighted by molar-refractivity contribution is 5.90. The van der Waals surface area contributed by atoms with Gasteiger partial charge in [-0.05, 0) is 43.7 Å². The lowest BCUT2D eigenvalue weighted by Gasteiger charge is -2.23. The van der Waals surface area contributed by atoms with E-state index >= 15 is 0 Å². The fraction of sp³-hybridized carbons (Fsp3) is 0.333. The number of rotatable bonds is 7. The van der Waals surface area contributed by atoms with Crippen molar-refractivity contribution in [3.8, 4) is 5.88 Å². The Morgan fingerprint density at radius 2 is 2.12 bits per heavy atom. The Kier molecular flexibility index (Phi) is 6.42. The minimum Gasteiger partial charge on any atom is -0.480 e. The number of nitrogens with one attached hydrogen (secondary N) is 2. The van der Waals surface area contributed by atoms with Crippen molar-refractivity contribution >= 4 is 17.4 Å². The Morgan fingerprint density at radius 1 is 1.29 bits per heavy atom. The normalized spacial score (nSPS) is 10.1. The molecule has 0 radical (unpaired) electrons. The molecular formula is C18H24N4O2. The van der Waals surface area contributed by atoms with E-state index in [0.29, 0.717) is 18.1 Å². The first kappa shape index (κ1) is 17.6. The predicted molar refractivity (Wildman–Crippen MR) is 96.9 cm³/mol. The average Bonchev–Trinajstić information content (AvgIpc) is 2.59. The molecule has 1 aromatic heterocycles. The van der Waals surface area contributed by atoms with E-state index in [1.54, 1.807) is 18.3 Å². The fourth-order valence-corrected chi connectivity index (χ4v) is 2.41. The zero-order valence-electron chi connectivity index (χ0n) is 14.4. The van der Waals surface area contributed by atoms with Crippen LogP contribution in [0.1, 0.15) is 12.5 Å². The number of likely N-dealkylation sites (N-methyl/N-ethyl adjacent to an activating group) is 1. The van der Waals surface area contributed by atoms with Crippen LogP contribution in [0.25, 0.3) is 0 Å². The highest BCUT2D eigenvalue weighted by Gasteiger charge is 2.08. The molecule has 0 fully saturated rings. The number of aryl methyl sites for hydroxylation is 1. The number of urea groups is 1. The van der Waals surface area contributed by atoms with Gasteiger partial charge in [0.15, 0.2) is 0 Å². The zero-order chi connectivity index (χ0) is 17.4. The number of anilines is 2. The first-order valence-corrected chi connectivity index (χ1v) is 7.99. The molecule has 128 valence electrons. The third-order valence-corrected chi connectivity index (χ3v) is 3.63. The number of hydrogen-bond acceptors (Lipinski definition) is 4. The topological polar surface area (TPSA) is 66.5 Å². The van der Waals surface area contributed by atoms with E-state index in [1.807, 2.05) is 6.07 Å². The van der Waals surface area contributed by atoms with Gasteiger partial charge in [0.25, 0.3) is 0 Å². The second kappa shape index (κ2) is 8.76. The molecule has 2 N–H and O–H groups in total. The number of benzene rings is 1. The van der Waals surface area contributed by atoms with Crippen molar-refractivity contribution in [1.82, 2.24) is 10.3 Å². The maximum Gasteiger partial charge on any atom is 0.319 e. The van der Waals surface area contributed by atoms with E-state index in [2.05, 4.69) is 52.6 Å². The van der Waals surface area contributed by atoms with Gasteiger partial charge in [-0.1, -0.05) is 12.1 Å². The molecule has 6 nitrogen and oxygen atoms in total. The summed E-state index contributed by atoms with van der Waals surface area (Å²) in [6, 6.07) is 11.6. The van der Waals surface area contributed by atoms with E-state index < -0.39 is 0 Å². The standard InChI is InChI=1S/C18H24N4O2/c1-4-22(15-8-5-7-14(2)13-15)12-11-20-18(23)21-16-9-6-10-19-17(16)24-3/h5-10,13H,4,11-12H2,1-3H3,(H2,20,21,23). The highest BCUT2D eigenvalue weighted by atomic mass is 16.5. The maximum absolute atomic E-state index is 12.0. The molecule has 1 aromatic carbocycles. The fourth-order valence-electron chi connectivity index (χ4n) is 2.41. The number of pyridine rings is 1. The number of carbonyl (C=O) groups is 1. The molecule has 6 heteroatoms. The highest BCUT2D eigenvalue weighted by Crippen LogP contribution is 2.19. The third-order valence-electron chi connectivity index (χ3n) is 3.63. The molecule has 24 heavy (non-hydrogen) atoms. The summed E-state index contributed by atoms with van der Waals surface area (Å²) in [5, 5.41) is 5.60. The minimum atomic E-state index is -0.276. The molecule has 0 aliphatic rings. The molecule has 0 saturated carbocycles. The SMILES string of the molecule is CCN(CCNC(=O)Nc1cccnc1OC)c1cccc(C)c1. The molecule has 1 heterocycles. The Balaban J connectivity index is 1.85. The van der Waals surface area contributed by atoms with E-state index in [1.165, 1.54) is 12.7 Å². The number of nitrogens with zero attached hydrogens (tertiary/aromatic N) is 2. The number of methoxy groups -OCH3 is 1. The largest absolute Gasteiger partial charge is 0.480 e. The van der Waals surface area contributed by atoms with E-state index in [4.69, 9.17) is 4.74 Å². The lowest BCUT2D eigenvalue weighted by molar-refractivity contribution is 0.252. The first-order chi connectivity index (χ1) is 11.6. The van der Waals surface area contributed by atoms with Crippen LogP contribution in [0.5, 0.6) is 5.88 Å². The van der Waals surface area contributed by atoms with Crippen molar-refractivity contribution in [2.45, 2.75) is 13.8 Å². The quantitative estimate of drug-likeness (QED) is 0.820. The zero-order valence-corrected chi connectivity index (χ0v) is 14.4. The van der Waals surface area contributed by atoms with Crippen LogP contribution in [-0.4, -0.2) is 37.8 Å². The van der Waals surface area contributed by atoms with Crippen LogP contribution in [0.4, 0.5) is 16.2 Å². The van der Waals surface area contributed by atoms with Gasteiger partial charge in [0.1, 0.15) is 5.69 Å². The van der Waals surface area contributed by atoms with Crippen molar-refractivity contribution in [2.75, 3.05) is 37.0 Å². The summed E-state index contributed by atoms with van der Waals surface area (Å²) in [6.07, 6.45) is 1.61. The first-order valence-electron chi connectivity index (χ1n) is 7.99. The number of amides is 2. The van der Waals surface area contributed by atoms with E-state index in [-0.39, 0.29) is 6.03 Å². The molecule has 0 spiro atoms. The molecule has 2 rings (SSSR count). The average molecular weight is 328 g/mol. The van der Waals surface area contributed by atoms with Gasteiger partial charge in [0.05, 0.1) is 7.11 Å². The monoisotopic (exact) mass is 328 g/mol. The van der Waals surface area contributed by atoms with Crippen LogP contribution in [0.2, 0.25) is 0 Å². The minimum absolute atomic E-state index is 0.276. The van der Waals surface area contributed by atoms with Crippen LogP contribution >= 0.6 is 0 Å². The number of aromatic nitrogens is 1. The summed E-state index contributed by atoms with van der Waals surface area (Å²) in [6.45, 7) is 6.32. The molecule has 2 amide bonds. The molecule has 2 aromatic rings. The van der Waals surface area contributed by atoms with Gasteiger partial charge in [-0.3, -0.25) is 0 Å². The second-order valence-corrected chi connectivity index (χ2v) is 5.36. The van der Waals surface area contributed by atoms with Crippen molar-refractivity contribution in [3.63, 3.8) is 0 Å². The number of hydrogen-bond donors (Lipinski definition) is 2. The molecule has 0 bridgehead atoms. The summed E-state index contributed by atoms with van der Waals surface area (Å²) in [4.78, 5) is 18.3. The summed E-state index contributed by atoms with van der Waals surface area (Å²) in [5.41, 5.74) is 2.93. The summed E-state index contributed by atoms with van der Waals surface area (Å²) in [7, 11) is 1.52. The summed E-state index contributed by atoms with van der Waals surface area (Å²) < 4.78 is 5.11. The Labute approximate surface area is 142 Å². The summed E-state index contributed by atoms with van der Waals surface area (Å²) in [5.74, 6) is 0.391. The lowest BCUT2D eigenvalue weighted by atomic mass is 10.2. The maximum atomic E-state index is 12.0. The van der Waals surface area contributed by atoms with Crippen LogP contribution in [0.15, 0.2) is 42.6 Å². The molecular weight excluding hydrogens is 304 g/mol. The predicted octanol–water partition coefficient (Wildman–Crippen LogP) is 3.05. The van der Waals surface area contributed by atoms with Gasteiger partial charge in [-0.15, -0.1) is 0 Å². The van der Waals surface area contributed by atoms with Crippen LogP contribution in [-0.2, 0) is 0 Å². The Hall–Kier alpha value is -2.76. The van der Waals surface area contributed by atoms with Gasteiger partial charge >= 0.3 is 6.03 Å². The van der Waals surface area contributed by atoms with Crippen LogP contribution in [0.3, 0.4) is 0 Å². The van der Waals surface area contributed by atoms with E-state index in [0.717, 1.165) is 18.8 Å². The summed E-state index contributed by atoms with van der Waals surface area (Å²) >= 11 is 0. The van der Waals surface area contributed by atoms with Gasteiger partial charge in [0, 0.05) is 31.5 Å². The lowest BCUT2D eigenvalue weighted by Crippen LogP contribution is -2.37. The van der Waals surface area contributed by atoms with Crippen molar-refractivity contribution in [1.29, 1.82) is 0 Å². The van der Waals surface area contributed by atoms with Crippen LogP contribution in [0, 0.1) is 6.92 Å². The smallest absolute Gasteiger partial charge is 0.319 e. The van der Waals surface area contributed by atoms with Gasteiger partial charge in [-0.2, -0.15) is 0 Å².